The van der Waals surface area contributed by atoms with Gasteiger partial charge < -0.3 is 9.84 Å². The summed E-state index contributed by atoms with van der Waals surface area (Å²) < 4.78 is 97.5. The van der Waals surface area contributed by atoms with Gasteiger partial charge in [-0.25, -0.2) is 17.2 Å². The molecule has 0 amide bonds. The van der Waals surface area contributed by atoms with Gasteiger partial charge in [0.1, 0.15) is 17.6 Å². The van der Waals surface area contributed by atoms with E-state index in [1.807, 2.05) is 0 Å². The molecular formula is C18H11F5O4S2. The van der Waals surface area contributed by atoms with Crippen LogP contribution in [0.15, 0.2) is 46.7 Å². The second-order valence-electron chi connectivity index (χ2n) is 6.43. The Labute approximate surface area is 165 Å². The third kappa shape index (κ3) is 3.08. The number of fused-ring (bicyclic) bond motifs is 2. The van der Waals surface area contributed by atoms with Crippen molar-refractivity contribution < 1.29 is 40.2 Å². The first-order valence-electron chi connectivity index (χ1n) is 8.10. The van der Waals surface area contributed by atoms with Gasteiger partial charge in [0.05, 0.1) is 4.90 Å². The molecule has 0 saturated carbocycles. The van der Waals surface area contributed by atoms with E-state index in [0.29, 0.717) is 11.5 Å². The number of benzene rings is 2. The van der Waals surface area contributed by atoms with Crippen LogP contribution in [0.5, 0.6) is 11.5 Å². The van der Waals surface area contributed by atoms with Crippen LogP contribution in [0.3, 0.4) is 0 Å². The normalized spacial score (nSPS) is 18.8. The van der Waals surface area contributed by atoms with Crippen LogP contribution in [0.2, 0.25) is 0 Å². The van der Waals surface area contributed by atoms with Crippen LogP contribution in [0.1, 0.15) is 17.2 Å². The molecule has 0 saturated heterocycles. The van der Waals surface area contributed by atoms with E-state index in [0.717, 1.165) is 10.8 Å². The zero-order valence-corrected chi connectivity index (χ0v) is 15.8. The van der Waals surface area contributed by atoms with Crippen molar-refractivity contribution in [3.63, 3.8) is 0 Å². The predicted molar refractivity (Wildman–Crippen MR) is 95.2 cm³/mol. The summed E-state index contributed by atoms with van der Waals surface area (Å²) in [6, 6.07) is 8.16. The Balaban J connectivity index is 1.90. The Kier molecular flexibility index (Phi) is 4.41. The molecule has 1 atom stereocenters. The zero-order chi connectivity index (χ0) is 21.2. The summed E-state index contributed by atoms with van der Waals surface area (Å²) in [7, 11) is -5.95. The number of aliphatic hydroxyl groups is 1. The molecule has 1 aliphatic carbocycles. The van der Waals surface area contributed by atoms with Gasteiger partial charge in [0.2, 0.25) is 0 Å². The Bertz CT molecular complexity index is 1210. The molecule has 1 heterocycles. The van der Waals surface area contributed by atoms with Gasteiger partial charge in [-0.15, -0.1) is 11.3 Å². The summed E-state index contributed by atoms with van der Waals surface area (Å²) in [6.45, 7) is 0. The maximum atomic E-state index is 14.1. The molecule has 1 unspecified atom stereocenters. The van der Waals surface area contributed by atoms with Gasteiger partial charge in [-0.3, -0.25) is 0 Å². The lowest BCUT2D eigenvalue weighted by molar-refractivity contribution is -0.0978. The highest BCUT2D eigenvalue weighted by molar-refractivity contribution is 7.92. The maximum Gasteiger partial charge on any atom is 0.501 e. The molecule has 4 nitrogen and oxygen atoms in total. The van der Waals surface area contributed by atoms with E-state index < -0.39 is 49.8 Å². The van der Waals surface area contributed by atoms with Crippen LogP contribution in [-0.4, -0.2) is 25.0 Å². The first-order valence-corrected chi connectivity index (χ1v) is 10.5. The van der Waals surface area contributed by atoms with Crippen molar-refractivity contribution in [2.45, 2.75) is 28.9 Å². The molecule has 4 rings (SSSR count). The fraction of sp³-hybridized carbons (Fsp3) is 0.222. The van der Waals surface area contributed by atoms with Crippen LogP contribution in [0.25, 0.3) is 10.1 Å². The van der Waals surface area contributed by atoms with E-state index >= 15 is 0 Å². The lowest BCUT2D eigenvalue weighted by Gasteiger charge is -2.17. The summed E-state index contributed by atoms with van der Waals surface area (Å²) in [6.07, 6.45) is -3.86. The number of alkyl halides is 5. The molecule has 154 valence electrons. The first-order chi connectivity index (χ1) is 13.4. The van der Waals surface area contributed by atoms with Crippen LogP contribution in [0.4, 0.5) is 22.0 Å². The Hall–Kier alpha value is -2.24. The van der Waals surface area contributed by atoms with Crippen molar-refractivity contribution in [2.75, 3.05) is 0 Å². The Morgan fingerprint density at radius 1 is 1.10 bits per heavy atom. The largest absolute Gasteiger partial charge is 0.501 e. The van der Waals surface area contributed by atoms with Crippen molar-refractivity contribution in [2.24, 2.45) is 0 Å². The number of halogens is 5. The Morgan fingerprint density at radius 3 is 2.52 bits per heavy atom. The van der Waals surface area contributed by atoms with Crippen molar-refractivity contribution >= 4 is 31.3 Å². The second kappa shape index (κ2) is 6.38. The minimum Gasteiger partial charge on any atom is -0.456 e. The van der Waals surface area contributed by atoms with Crippen molar-refractivity contribution in [3.8, 4) is 11.5 Å². The van der Waals surface area contributed by atoms with E-state index in [-0.39, 0.29) is 11.5 Å². The third-order valence-corrected chi connectivity index (χ3v) is 7.06. The van der Waals surface area contributed by atoms with E-state index in [4.69, 9.17) is 4.74 Å². The molecular weight excluding hydrogens is 439 g/mol. The number of hydrogen-bond donors (Lipinski definition) is 1. The van der Waals surface area contributed by atoms with Gasteiger partial charge >= 0.3 is 5.51 Å². The predicted octanol–water partition coefficient (Wildman–Crippen LogP) is 5.21. The number of sulfone groups is 1. The molecule has 11 heteroatoms. The quantitative estimate of drug-likeness (QED) is 0.557. The van der Waals surface area contributed by atoms with Crippen LogP contribution >= 0.6 is 11.3 Å². The first kappa shape index (κ1) is 20.0. The van der Waals surface area contributed by atoms with Gasteiger partial charge in [-0.05, 0) is 35.7 Å². The van der Waals surface area contributed by atoms with E-state index in [1.165, 1.54) is 11.3 Å². The van der Waals surface area contributed by atoms with Crippen molar-refractivity contribution in [3.05, 3.63) is 52.9 Å². The van der Waals surface area contributed by atoms with Crippen molar-refractivity contribution in [1.29, 1.82) is 0 Å². The lowest BCUT2D eigenvalue weighted by atomic mass is 10.1. The molecule has 2 aromatic carbocycles. The fourth-order valence-electron chi connectivity index (χ4n) is 3.28. The van der Waals surface area contributed by atoms with Crippen LogP contribution in [-0.2, 0) is 16.3 Å². The monoisotopic (exact) mass is 450 g/mol. The van der Waals surface area contributed by atoms with Crippen LogP contribution < -0.4 is 4.74 Å². The van der Waals surface area contributed by atoms with Gasteiger partial charge in [0.15, 0.2) is 0 Å². The number of aliphatic hydroxyl groups excluding tert-OH is 1. The van der Waals surface area contributed by atoms with Gasteiger partial charge in [0.25, 0.3) is 15.8 Å². The number of rotatable bonds is 3. The number of hydrogen-bond acceptors (Lipinski definition) is 5. The third-order valence-electron chi connectivity index (χ3n) is 4.63. The van der Waals surface area contributed by atoms with E-state index in [2.05, 4.69) is 0 Å². The van der Waals surface area contributed by atoms with Crippen LogP contribution in [0, 0.1) is 0 Å². The van der Waals surface area contributed by atoms with Gasteiger partial charge in [-0.1, -0.05) is 6.07 Å². The molecule has 0 radical (unpaired) electrons. The molecule has 0 bridgehead atoms. The molecule has 1 aromatic heterocycles. The van der Waals surface area contributed by atoms with E-state index in [9.17, 15) is 35.5 Å². The molecule has 1 aliphatic rings. The van der Waals surface area contributed by atoms with Gasteiger partial charge in [0, 0.05) is 27.6 Å². The van der Waals surface area contributed by atoms with Crippen molar-refractivity contribution in [1.82, 2.24) is 0 Å². The Morgan fingerprint density at radius 2 is 1.83 bits per heavy atom. The highest BCUT2D eigenvalue weighted by atomic mass is 32.2. The molecule has 3 aromatic rings. The second-order valence-corrected chi connectivity index (χ2v) is 9.29. The standard InChI is InChI=1S/C18H11F5O4S2/c19-17(20)8-10-12(27-11-2-1-3-13-9(11)6-7-28-13)4-5-14(15(10)16(17)24)29(25,26)18(21,22)23/h1-7,16,24H,8H2. The molecule has 0 aliphatic heterocycles. The summed E-state index contributed by atoms with van der Waals surface area (Å²) >= 11 is 1.40. The highest BCUT2D eigenvalue weighted by Gasteiger charge is 2.55. The maximum absolute atomic E-state index is 14.1. The summed E-state index contributed by atoms with van der Waals surface area (Å²) in [5, 5.41) is 12.3. The smallest absolute Gasteiger partial charge is 0.456 e. The molecule has 1 N–H and O–H groups in total. The summed E-state index contributed by atoms with van der Waals surface area (Å²) in [5.74, 6) is -3.82. The molecule has 0 fully saturated rings. The lowest BCUT2D eigenvalue weighted by Crippen LogP contribution is -2.26. The SMILES string of the molecule is O=S(=O)(c1ccc(Oc2cccc3sccc23)c2c1C(O)C(F)(F)C2)C(F)(F)F. The number of ether oxygens (including phenoxy) is 1. The summed E-state index contributed by atoms with van der Waals surface area (Å²) in [4.78, 5) is -1.40. The number of thiophene rings is 1. The summed E-state index contributed by atoms with van der Waals surface area (Å²) in [5.41, 5.74) is -7.16. The minimum absolute atomic E-state index is 0.240. The topological polar surface area (TPSA) is 63.6 Å². The fourth-order valence-corrected chi connectivity index (χ4v) is 5.10. The molecule has 0 spiro atoms. The highest BCUT2D eigenvalue weighted by Crippen LogP contribution is 2.51. The molecule has 29 heavy (non-hydrogen) atoms. The average molecular weight is 450 g/mol. The van der Waals surface area contributed by atoms with E-state index in [1.54, 1.807) is 29.6 Å². The minimum atomic E-state index is -5.95. The van der Waals surface area contributed by atoms with Gasteiger partial charge in [-0.2, -0.15) is 13.2 Å². The average Bonchev–Trinajstić information content (AvgIpc) is 3.18. The zero-order valence-electron chi connectivity index (χ0n) is 14.2.